The summed E-state index contributed by atoms with van der Waals surface area (Å²) in [6.07, 6.45) is 0.0213. The van der Waals surface area contributed by atoms with Gasteiger partial charge in [-0.25, -0.2) is 19.0 Å². The van der Waals surface area contributed by atoms with Gasteiger partial charge in [0.05, 0.1) is 36.0 Å². The molecule has 8 N–H and O–H groups in total. The number of phenols is 2. The number of benzene rings is 1. The van der Waals surface area contributed by atoms with Gasteiger partial charge in [-0.1, -0.05) is 28.1 Å². The van der Waals surface area contributed by atoms with Gasteiger partial charge in [0.15, 0.2) is 33.6 Å². The molecule has 2 saturated heterocycles. The van der Waals surface area contributed by atoms with E-state index in [9.17, 15) is 53.6 Å². The Labute approximate surface area is 328 Å². The van der Waals surface area contributed by atoms with Crippen molar-refractivity contribution < 1.29 is 63.2 Å². The van der Waals surface area contributed by atoms with Crippen molar-refractivity contribution >= 4 is 86.2 Å². The zero-order valence-electron chi connectivity index (χ0n) is 29.2. The molecular formula is C33H34ClFN7O12S2+. The van der Waals surface area contributed by atoms with Crippen LogP contribution in [0.5, 0.6) is 11.5 Å². The standard InChI is InChI=1S/C33H33ClFN7O12S2/c1-2-40-9-13(24(45)15-7-16(35)25(46)26(47)23(15)40)10-42(5-3-4-6-42)11-14-12-55-30-21(29(49)41(30)22(14)32(52)53)37-28(48)20(19-27(34)56-33(36)38-19)39-54-17(31(50)51)8-18(43)44/h7,9,17,21,30H,2-6,8,10-12H2,1H3,(H7-,36,37,38,39,43,44,45,46,47,48,50,51,52,53)/p+1/t17-,21+,30+/m0/s1. The van der Waals surface area contributed by atoms with Crippen molar-refractivity contribution in [1.82, 2.24) is 19.8 Å². The van der Waals surface area contributed by atoms with Crippen molar-refractivity contribution in [3.05, 3.63) is 55.2 Å². The van der Waals surface area contributed by atoms with Crippen LogP contribution < -0.4 is 16.5 Å². The first kappa shape index (κ1) is 40.2. The van der Waals surface area contributed by atoms with E-state index in [1.807, 2.05) is 0 Å². The van der Waals surface area contributed by atoms with E-state index in [-0.39, 0.29) is 67.2 Å². The van der Waals surface area contributed by atoms with Gasteiger partial charge < -0.3 is 50.5 Å². The van der Waals surface area contributed by atoms with Crippen LogP contribution in [-0.4, -0.2) is 123 Å². The summed E-state index contributed by atoms with van der Waals surface area (Å²) < 4.78 is 16.1. The van der Waals surface area contributed by atoms with Gasteiger partial charge >= 0.3 is 17.9 Å². The minimum atomic E-state index is -2.01. The molecule has 3 atom stereocenters. The highest BCUT2D eigenvalue weighted by Crippen LogP contribution is 2.42. The molecule has 56 heavy (non-hydrogen) atoms. The average Bonchev–Trinajstić information content (AvgIpc) is 3.74. The lowest BCUT2D eigenvalue weighted by Crippen LogP contribution is -2.71. The van der Waals surface area contributed by atoms with E-state index < -0.39 is 82.1 Å². The molecule has 0 unspecified atom stereocenters. The number of quaternary nitrogens is 1. The number of nitrogens with zero attached hydrogens (tertiary/aromatic N) is 5. The number of fused-ring (bicyclic) bond motifs is 2. The van der Waals surface area contributed by atoms with E-state index in [2.05, 4.69) is 15.5 Å². The highest BCUT2D eigenvalue weighted by Gasteiger charge is 2.55. The first-order chi connectivity index (χ1) is 26.5. The van der Waals surface area contributed by atoms with Gasteiger partial charge in [-0.15, -0.1) is 11.8 Å². The summed E-state index contributed by atoms with van der Waals surface area (Å²) >= 11 is 8.10. The van der Waals surface area contributed by atoms with E-state index in [1.165, 1.54) is 22.5 Å². The fourth-order valence-corrected chi connectivity index (χ4v) is 9.45. The first-order valence-electron chi connectivity index (χ1n) is 16.9. The third-order valence-electron chi connectivity index (χ3n) is 9.71. The number of rotatable bonds is 14. The largest absolute Gasteiger partial charge is 0.503 e. The maximum atomic E-state index is 14.5. The van der Waals surface area contributed by atoms with Crippen molar-refractivity contribution in [3.63, 3.8) is 0 Å². The number of anilines is 1. The summed E-state index contributed by atoms with van der Waals surface area (Å²) in [5.74, 6) is -9.32. The molecular weight excluding hydrogens is 805 g/mol. The Hall–Kier alpha value is -5.45. The van der Waals surface area contributed by atoms with Crippen LogP contribution in [0.15, 0.2) is 33.5 Å². The van der Waals surface area contributed by atoms with E-state index in [0.717, 1.165) is 35.1 Å². The van der Waals surface area contributed by atoms with E-state index >= 15 is 0 Å². The number of phenolic OH excluding ortho intramolecular Hbond substituents is 2. The number of halogens is 2. The van der Waals surface area contributed by atoms with Gasteiger partial charge in [-0.05, 0) is 13.0 Å². The molecule has 0 spiro atoms. The van der Waals surface area contributed by atoms with E-state index in [1.54, 1.807) is 6.92 Å². The molecule has 6 rings (SSSR count). The average molecular weight is 839 g/mol. The third-order valence-corrected chi connectivity index (χ3v) is 12.1. The Kier molecular flexibility index (Phi) is 11.2. The van der Waals surface area contributed by atoms with Crippen LogP contribution >= 0.6 is 34.7 Å². The summed E-state index contributed by atoms with van der Waals surface area (Å²) in [7, 11) is 0. The van der Waals surface area contributed by atoms with Crippen molar-refractivity contribution in [3.8, 4) is 11.5 Å². The number of carbonyl (C=O) groups is 5. The molecule has 2 fully saturated rings. The van der Waals surface area contributed by atoms with Crippen LogP contribution in [0.1, 0.15) is 37.4 Å². The smallest absolute Gasteiger partial charge is 0.352 e. The van der Waals surface area contributed by atoms with Crippen LogP contribution in [0.2, 0.25) is 4.34 Å². The SMILES string of the molecule is CCn1cc(C[N+]2(CC3=C(C(=O)O)N4C(=O)[C@@H](NC(=O)/C(=N\O[C@@H](CC(=O)O)C(=O)O)c5nc(N)sc5Cl)[C@H]4SC3)CCCC2)c(=O)c2cc(F)c(O)c(O)c21. The van der Waals surface area contributed by atoms with Crippen molar-refractivity contribution in [2.24, 2.45) is 5.16 Å². The number of hydrogen-bond acceptors (Lipinski definition) is 14. The number of pyridine rings is 1. The van der Waals surface area contributed by atoms with Crippen LogP contribution in [0, 0.1) is 5.82 Å². The van der Waals surface area contributed by atoms with Gasteiger partial charge in [0, 0.05) is 36.9 Å². The number of aromatic hydroxyl groups is 2. The zero-order chi connectivity index (χ0) is 40.8. The zero-order valence-corrected chi connectivity index (χ0v) is 31.6. The molecule has 0 saturated carbocycles. The number of β-lactam (4-membered cyclic amide) rings is 1. The predicted octanol–water partition coefficient (Wildman–Crippen LogP) is 1.46. The third kappa shape index (κ3) is 7.43. The molecule has 298 valence electrons. The summed E-state index contributed by atoms with van der Waals surface area (Å²) in [5.41, 5.74) is 4.48. The number of thioether (sulfide) groups is 1. The second-order valence-electron chi connectivity index (χ2n) is 13.3. The van der Waals surface area contributed by atoms with Crippen LogP contribution in [0.25, 0.3) is 10.9 Å². The van der Waals surface area contributed by atoms with E-state index in [4.69, 9.17) is 27.3 Å². The van der Waals surface area contributed by atoms with E-state index in [0.29, 0.717) is 18.7 Å². The molecule has 3 aliphatic heterocycles. The van der Waals surface area contributed by atoms with Crippen molar-refractivity contribution in [1.29, 1.82) is 0 Å². The summed E-state index contributed by atoms with van der Waals surface area (Å²) in [6, 6.07) is -0.423. The number of nitrogens with two attached hydrogens (primary N) is 1. The molecule has 23 heteroatoms. The number of nitrogens with one attached hydrogen (secondary N) is 1. The van der Waals surface area contributed by atoms with Crippen LogP contribution in [0.4, 0.5) is 9.52 Å². The summed E-state index contributed by atoms with van der Waals surface area (Å²) in [4.78, 5) is 86.3. The first-order valence-corrected chi connectivity index (χ1v) is 19.1. The van der Waals surface area contributed by atoms with Crippen molar-refractivity contribution in [2.45, 2.75) is 56.8 Å². The minimum absolute atomic E-state index is 0.0240. The molecule has 2 aromatic heterocycles. The van der Waals surface area contributed by atoms with Gasteiger partial charge in [0.1, 0.15) is 40.2 Å². The quantitative estimate of drug-likeness (QED) is 0.0398. The predicted molar refractivity (Wildman–Crippen MR) is 197 cm³/mol. The number of oxime groups is 1. The monoisotopic (exact) mass is 838 g/mol. The van der Waals surface area contributed by atoms with Crippen LogP contribution in [0.3, 0.4) is 0 Å². The molecule has 3 aromatic rings. The topological polar surface area (TPSA) is 284 Å². The molecule has 5 heterocycles. The number of aryl methyl sites for hydroxylation is 1. The van der Waals surface area contributed by atoms with Crippen molar-refractivity contribution in [2.75, 3.05) is 31.1 Å². The van der Waals surface area contributed by atoms with Gasteiger partial charge in [-0.2, -0.15) is 0 Å². The lowest BCUT2D eigenvalue weighted by molar-refractivity contribution is -0.925. The second-order valence-corrected chi connectivity index (χ2v) is 16.0. The Bertz CT molecular complexity index is 2310. The highest BCUT2D eigenvalue weighted by atomic mass is 35.5. The number of hydrogen-bond donors (Lipinski definition) is 7. The number of aliphatic carboxylic acids is 3. The maximum absolute atomic E-state index is 14.5. The number of amides is 2. The summed E-state index contributed by atoms with van der Waals surface area (Å²) in [5, 5.41) is 54.2. The Balaban J connectivity index is 1.27. The number of carbonyl (C=O) groups excluding carboxylic acids is 2. The molecule has 1 aromatic carbocycles. The normalized spacial score (nSPS) is 19.7. The number of carboxylic acids is 3. The molecule has 3 aliphatic rings. The lowest BCUT2D eigenvalue weighted by atomic mass is 10.0. The molecule has 0 radical (unpaired) electrons. The van der Waals surface area contributed by atoms with Gasteiger partial charge in [0.25, 0.3) is 11.8 Å². The maximum Gasteiger partial charge on any atom is 0.352 e. The Morgan fingerprint density at radius 1 is 1.16 bits per heavy atom. The number of thiazole rings is 1. The highest BCUT2D eigenvalue weighted by molar-refractivity contribution is 8.00. The van der Waals surface area contributed by atoms with Crippen LogP contribution in [-0.2, 0) is 41.9 Å². The summed E-state index contributed by atoms with van der Waals surface area (Å²) in [6.45, 7) is 3.38. The lowest BCUT2D eigenvalue weighted by Gasteiger charge is -2.50. The fourth-order valence-electron chi connectivity index (χ4n) is 7.19. The van der Waals surface area contributed by atoms with Gasteiger partial charge in [0.2, 0.25) is 6.10 Å². The molecule has 0 aliphatic carbocycles. The Morgan fingerprint density at radius 2 is 1.86 bits per heavy atom. The number of carboxylic acid groups (broad SMARTS) is 3. The number of nitrogen functional groups attached to an aromatic ring is 1. The number of likely N-dealkylation sites (tertiary alicyclic amines) is 1. The molecule has 0 bridgehead atoms. The Morgan fingerprint density at radius 3 is 2.45 bits per heavy atom. The second kappa shape index (κ2) is 15.6. The molecule has 19 nitrogen and oxygen atoms in total. The fraction of sp³-hybridized carbons (Fsp3) is 0.394. The minimum Gasteiger partial charge on any atom is -0.503 e. The number of aromatic nitrogens is 2. The molecule has 2 amide bonds. The van der Waals surface area contributed by atoms with Gasteiger partial charge in [-0.3, -0.25) is 24.1 Å².